The molecule has 0 amide bonds. The van der Waals surface area contributed by atoms with Gasteiger partial charge in [0.05, 0.1) is 0 Å². The molecule has 78 heavy (non-hydrogen) atoms. The minimum atomic E-state index is -0.808. The number of carbonyl (C=O) groups excluding carboxylic acids is 3. The number of hydrogen-bond acceptors (Lipinski definition) is 6. The van der Waals surface area contributed by atoms with Gasteiger partial charge in [0, 0.05) is 19.3 Å². The molecule has 1 unspecified atom stereocenters. The van der Waals surface area contributed by atoms with Crippen LogP contribution in [0.15, 0.2) is 48.6 Å². The Hall–Kier alpha value is -2.63. The van der Waals surface area contributed by atoms with Crippen molar-refractivity contribution in [2.24, 2.45) is 0 Å². The molecule has 0 saturated heterocycles. The first-order valence-corrected chi connectivity index (χ1v) is 34.6. The van der Waals surface area contributed by atoms with Crippen LogP contribution in [0.5, 0.6) is 0 Å². The molecule has 0 aromatic rings. The van der Waals surface area contributed by atoms with Crippen LogP contribution in [-0.2, 0) is 28.6 Å². The van der Waals surface area contributed by atoms with E-state index in [2.05, 4.69) is 63.3 Å². The van der Waals surface area contributed by atoms with Crippen LogP contribution >= 0.6 is 0 Å². The fourth-order valence-corrected chi connectivity index (χ4v) is 10.5. The summed E-state index contributed by atoms with van der Waals surface area (Å²) in [7, 11) is 0. The Morgan fingerprint density at radius 1 is 0.269 bits per heavy atom. The van der Waals surface area contributed by atoms with Crippen molar-refractivity contribution >= 4 is 17.9 Å². The number of ether oxygens (including phenoxy) is 3. The lowest BCUT2D eigenvalue weighted by molar-refractivity contribution is -0.166. The number of rotatable bonds is 64. The van der Waals surface area contributed by atoms with Crippen molar-refractivity contribution in [3.05, 3.63) is 48.6 Å². The van der Waals surface area contributed by atoms with Crippen molar-refractivity contribution < 1.29 is 28.6 Å². The maximum atomic E-state index is 12.8. The summed E-state index contributed by atoms with van der Waals surface area (Å²) in [6.07, 6.45) is 84.8. The monoisotopic (exact) mass is 1090 g/mol. The SMILES string of the molecule is CC/C=C\C/C=C\C/C=C\C/C=C\CCC(=O)OC(COC(=O)CCCCCCCCCCCCCCC)COC(=O)CCCCCCCCCCCCCCCCCCCCCCCCCCCCCCCCCCCC. The second-order valence-corrected chi connectivity index (χ2v) is 23.4. The Kier molecular flexibility index (Phi) is 64.6. The van der Waals surface area contributed by atoms with Gasteiger partial charge in [0.2, 0.25) is 0 Å². The summed E-state index contributed by atoms with van der Waals surface area (Å²) < 4.78 is 16.8. The highest BCUT2D eigenvalue weighted by Gasteiger charge is 2.19. The van der Waals surface area contributed by atoms with Gasteiger partial charge in [-0.25, -0.2) is 0 Å². The van der Waals surface area contributed by atoms with Gasteiger partial charge < -0.3 is 14.2 Å². The van der Waals surface area contributed by atoms with E-state index in [1.165, 1.54) is 263 Å². The van der Waals surface area contributed by atoms with Gasteiger partial charge in [-0.05, 0) is 44.9 Å². The van der Waals surface area contributed by atoms with Crippen LogP contribution in [0.2, 0.25) is 0 Å². The van der Waals surface area contributed by atoms with E-state index in [-0.39, 0.29) is 37.5 Å². The van der Waals surface area contributed by atoms with Crippen LogP contribution in [0.3, 0.4) is 0 Å². The zero-order valence-electron chi connectivity index (χ0n) is 52.5. The zero-order chi connectivity index (χ0) is 56.4. The van der Waals surface area contributed by atoms with Crippen LogP contribution in [0, 0.1) is 0 Å². The summed E-state index contributed by atoms with van der Waals surface area (Å²) in [6.45, 7) is 6.52. The van der Waals surface area contributed by atoms with Crippen LogP contribution in [0.1, 0.15) is 374 Å². The molecule has 0 heterocycles. The third-order valence-electron chi connectivity index (χ3n) is 15.6. The van der Waals surface area contributed by atoms with E-state index in [9.17, 15) is 14.4 Å². The fraction of sp³-hybridized carbons (Fsp3) is 0.847. The Bertz CT molecular complexity index is 1350. The number of allylic oxidation sites excluding steroid dienone is 8. The molecule has 0 aliphatic carbocycles. The lowest BCUT2D eigenvalue weighted by Crippen LogP contribution is -2.30. The molecule has 0 rings (SSSR count). The molecule has 456 valence electrons. The van der Waals surface area contributed by atoms with Crippen molar-refractivity contribution in [2.45, 2.75) is 380 Å². The van der Waals surface area contributed by atoms with Gasteiger partial charge in [-0.1, -0.05) is 358 Å². The summed E-state index contributed by atoms with van der Waals surface area (Å²) in [6, 6.07) is 0. The molecule has 1 atom stereocenters. The molecule has 6 heteroatoms. The third-order valence-corrected chi connectivity index (χ3v) is 15.6. The topological polar surface area (TPSA) is 78.9 Å². The molecular weight excluding hydrogens is 961 g/mol. The van der Waals surface area contributed by atoms with E-state index in [1.54, 1.807) is 0 Å². The first kappa shape index (κ1) is 75.4. The first-order valence-electron chi connectivity index (χ1n) is 34.6. The van der Waals surface area contributed by atoms with Gasteiger partial charge in [0.15, 0.2) is 6.10 Å². The molecular formula is C72H132O6. The van der Waals surface area contributed by atoms with Crippen LogP contribution in [0.25, 0.3) is 0 Å². The number of hydrogen-bond donors (Lipinski definition) is 0. The highest BCUT2D eigenvalue weighted by molar-refractivity contribution is 5.71. The van der Waals surface area contributed by atoms with E-state index in [0.717, 1.165) is 64.2 Å². The quantitative estimate of drug-likeness (QED) is 0.0261. The Morgan fingerprint density at radius 3 is 0.756 bits per heavy atom. The largest absolute Gasteiger partial charge is 0.462 e. The zero-order valence-corrected chi connectivity index (χ0v) is 52.5. The molecule has 0 spiro atoms. The van der Waals surface area contributed by atoms with Crippen molar-refractivity contribution in [2.75, 3.05) is 13.2 Å². The molecule has 0 aromatic carbocycles. The molecule has 0 aliphatic rings. The maximum absolute atomic E-state index is 12.8. The van der Waals surface area contributed by atoms with Crippen molar-refractivity contribution in [3.8, 4) is 0 Å². The molecule has 0 N–H and O–H groups in total. The normalized spacial score (nSPS) is 12.3. The third kappa shape index (κ3) is 64.2. The summed E-state index contributed by atoms with van der Waals surface area (Å²) in [5.74, 6) is -0.959. The fourth-order valence-electron chi connectivity index (χ4n) is 10.5. The summed E-state index contributed by atoms with van der Waals surface area (Å²) in [5, 5.41) is 0. The predicted octanol–water partition coefficient (Wildman–Crippen LogP) is 23.7. The highest BCUT2D eigenvalue weighted by Crippen LogP contribution is 2.19. The van der Waals surface area contributed by atoms with E-state index in [0.29, 0.717) is 19.3 Å². The van der Waals surface area contributed by atoms with Crippen LogP contribution < -0.4 is 0 Å². The molecule has 0 fully saturated rings. The molecule has 0 aliphatic heterocycles. The van der Waals surface area contributed by atoms with Gasteiger partial charge in [-0.2, -0.15) is 0 Å². The van der Waals surface area contributed by atoms with E-state index in [1.807, 2.05) is 6.08 Å². The van der Waals surface area contributed by atoms with Crippen LogP contribution in [0.4, 0.5) is 0 Å². The molecule has 0 saturated carbocycles. The number of esters is 3. The van der Waals surface area contributed by atoms with Crippen LogP contribution in [-0.4, -0.2) is 37.2 Å². The molecule has 0 aromatic heterocycles. The second-order valence-electron chi connectivity index (χ2n) is 23.4. The number of unbranched alkanes of at least 4 members (excludes halogenated alkanes) is 45. The molecule has 6 nitrogen and oxygen atoms in total. The van der Waals surface area contributed by atoms with Gasteiger partial charge in [-0.3, -0.25) is 14.4 Å². The van der Waals surface area contributed by atoms with Gasteiger partial charge in [0.1, 0.15) is 13.2 Å². The van der Waals surface area contributed by atoms with Crippen molar-refractivity contribution in [3.63, 3.8) is 0 Å². The molecule has 0 radical (unpaired) electrons. The lowest BCUT2D eigenvalue weighted by Gasteiger charge is -2.18. The average molecular weight is 1090 g/mol. The van der Waals surface area contributed by atoms with E-state index >= 15 is 0 Å². The maximum Gasteiger partial charge on any atom is 0.306 e. The van der Waals surface area contributed by atoms with Crippen molar-refractivity contribution in [1.82, 2.24) is 0 Å². The predicted molar refractivity (Wildman–Crippen MR) is 339 cm³/mol. The van der Waals surface area contributed by atoms with Gasteiger partial charge in [0.25, 0.3) is 0 Å². The second kappa shape index (κ2) is 66.9. The molecule has 0 bridgehead atoms. The minimum Gasteiger partial charge on any atom is -0.462 e. The van der Waals surface area contributed by atoms with Gasteiger partial charge >= 0.3 is 17.9 Å². The van der Waals surface area contributed by atoms with E-state index < -0.39 is 6.10 Å². The summed E-state index contributed by atoms with van der Waals surface area (Å²) >= 11 is 0. The lowest BCUT2D eigenvalue weighted by atomic mass is 10.0. The Morgan fingerprint density at radius 2 is 0.500 bits per heavy atom. The van der Waals surface area contributed by atoms with E-state index in [4.69, 9.17) is 14.2 Å². The Labute approximate surface area is 486 Å². The Balaban J connectivity index is 4.05. The van der Waals surface area contributed by atoms with Crippen molar-refractivity contribution in [1.29, 1.82) is 0 Å². The summed E-state index contributed by atoms with van der Waals surface area (Å²) in [5.41, 5.74) is 0. The minimum absolute atomic E-state index is 0.0970. The number of carbonyl (C=O) groups is 3. The smallest absolute Gasteiger partial charge is 0.306 e. The first-order chi connectivity index (χ1) is 38.5. The average Bonchev–Trinajstić information content (AvgIpc) is 3.44. The van der Waals surface area contributed by atoms with Gasteiger partial charge in [-0.15, -0.1) is 0 Å². The summed E-state index contributed by atoms with van der Waals surface area (Å²) in [4.78, 5) is 38.2. The highest BCUT2D eigenvalue weighted by atomic mass is 16.6. The standard InChI is InChI=1S/C72H132O6/c1-4-7-10-13-16-19-22-25-26-27-28-29-30-31-32-33-34-35-36-37-38-39-40-41-42-43-44-45-48-50-53-56-59-62-65-71(74)77-68-69(78-72(75)66-63-60-57-54-51-47-24-21-18-15-12-9-6-3)67-76-70(73)64-61-58-55-52-49-46-23-20-17-14-11-8-5-2/h9,12,18,21,47,51,57,60,69H,4-8,10-11,13-17,19-20,22-46,48-50,52-56,58-59,61-68H2,1-3H3/b12-9-,21-18-,51-47-,60-57-.